The maximum atomic E-state index is 12.3. The van der Waals surface area contributed by atoms with Crippen molar-refractivity contribution in [3.63, 3.8) is 0 Å². The number of anilines is 1. The lowest BCUT2D eigenvalue weighted by molar-refractivity contribution is -0.118. The standard InChI is InChI=1S/C15H22N4O3S.ClH/c1-10(2)14(16)15(20)18-11-5-3-6-12(9-11)23(21,22)19-13-7-4-8-17-13;/h3,5-6,9-10,14H,4,7-8,16H2,1-2H3,(H,17,19)(H,18,20);1H/t14-;/m0./s1. The van der Waals surface area contributed by atoms with Gasteiger partial charge in [-0.1, -0.05) is 19.9 Å². The molecule has 0 aliphatic carbocycles. The number of carbonyl (C=O) groups is 1. The van der Waals surface area contributed by atoms with E-state index >= 15 is 0 Å². The van der Waals surface area contributed by atoms with Crippen LogP contribution in [0.1, 0.15) is 26.7 Å². The van der Waals surface area contributed by atoms with Crippen molar-refractivity contribution >= 4 is 39.9 Å². The normalized spacial score (nSPS) is 15.4. The molecule has 0 unspecified atom stereocenters. The zero-order chi connectivity index (χ0) is 17.0. The summed E-state index contributed by atoms with van der Waals surface area (Å²) in [6.45, 7) is 4.33. The molecule has 0 radical (unpaired) electrons. The molecule has 1 aliphatic heterocycles. The van der Waals surface area contributed by atoms with E-state index in [2.05, 4.69) is 15.0 Å². The van der Waals surface area contributed by atoms with Gasteiger partial charge in [0.05, 0.1) is 10.9 Å². The van der Waals surface area contributed by atoms with Crippen molar-refractivity contribution in [2.75, 3.05) is 11.9 Å². The lowest BCUT2D eigenvalue weighted by Crippen LogP contribution is -2.39. The fourth-order valence-electron chi connectivity index (χ4n) is 2.11. The Balaban J connectivity index is 0.00000288. The molecule has 4 N–H and O–H groups in total. The molecule has 1 amide bonds. The minimum atomic E-state index is -3.70. The van der Waals surface area contributed by atoms with Crippen molar-refractivity contribution in [1.29, 1.82) is 0 Å². The highest BCUT2D eigenvalue weighted by atomic mass is 35.5. The SMILES string of the molecule is CC(C)[C@H](N)C(=O)Nc1cccc(S(=O)(=O)NC2=NCCC2)c1.Cl. The first-order valence-electron chi connectivity index (χ1n) is 7.52. The molecule has 0 aromatic heterocycles. The molecule has 2 rings (SSSR count). The molecule has 9 heteroatoms. The van der Waals surface area contributed by atoms with Crippen LogP contribution in [0, 0.1) is 5.92 Å². The quantitative estimate of drug-likeness (QED) is 0.724. The second kappa shape index (κ2) is 8.46. The molecular formula is C15H23ClN4O3S. The number of carbonyl (C=O) groups excluding carboxylic acids is 1. The molecule has 7 nitrogen and oxygen atoms in total. The van der Waals surface area contributed by atoms with Crippen LogP contribution in [0.2, 0.25) is 0 Å². The predicted octanol–water partition coefficient (Wildman–Crippen LogP) is 1.50. The molecule has 1 aliphatic rings. The van der Waals surface area contributed by atoms with Crippen LogP contribution in [0.15, 0.2) is 34.2 Å². The first-order chi connectivity index (χ1) is 10.8. The van der Waals surface area contributed by atoms with Gasteiger partial charge in [0.15, 0.2) is 0 Å². The Morgan fingerprint density at radius 2 is 2.04 bits per heavy atom. The van der Waals surface area contributed by atoms with Crippen LogP contribution in [0.5, 0.6) is 0 Å². The molecule has 0 fully saturated rings. The average Bonchev–Trinajstić information content (AvgIpc) is 2.98. The fraction of sp³-hybridized carbons (Fsp3) is 0.467. The Morgan fingerprint density at radius 1 is 1.33 bits per heavy atom. The number of aliphatic imine (C=N–C) groups is 1. The Morgan fingerprint density at radius 3 is 2.62 bits per heavy atom. The van der Waals surface area contributed by atoms with Crippen molar-refractivity contribution in [2.24, 2.45) is 16.6 Å². The van der Waals surface area contributed by atoms with Crippen molar-refractivity contribution in [1.82, 2.24) is 4.72 Å². The van der Waals surface area contributed by atoms with Gasteiger partial charge in [-0.05, 0) is 30.5 Å². The first-order valence-corrected chi connectivity index (χ1v) is 9.00. The lowest BCUT2D eigenvalue weighted by atomic mass is 10.1. The van der Waals surface area contributed by atoms with Crippen molar-refractivity contribution in [3.05, 3.63) is 24.3 Å². The Bertz CT molecular complexity index is 719. The molecule has 0 saturated heterocycles. The minimum Gasteiger partial charge on any atom is -0.325 e. The highest BCUT2D eigenvalue weighted by Crippen LogP contribution is 2.17. The van der Waals surface area contributed by atoms with Gasteiger partial charge in [-0.25, -0.2) is 8.42 Å². The van der Waals surface area contributed by atoms with Gasteiger partial charge in [-0.15, -0.1) is 12.4 Å². The molecule has 24 heavy (non-hydrogen) atoms. The number of amidine groups is 1. The summed E-state index contributed by atoms with van der Waals surface area (Å²) in [5.74, 6) is 0.118. The van der Waals surface area contributed by atoms with Crippen molar-refractivity contribution in [2.45, 2.75) is 37.6 Å². The predicted molar refractivity (Wildman–Crippen MR) is 97.0 cm³/mol. The highest BCUT2D eigenvalue weighted by Gasteiger charge is 2.20. The molecular weight excluding hydrogens is 352 g/mol. The average molecular weight is 375 g/mol. The molecule has 1 aromatic carbocycles. The highest BCUT2D eigenvalue weighted by molar-refractivity contribution is 7.90. The Hall–Kier alpha value is -1.64. The van der Waals surface area contributed by atoms with Gasteiger partial charge in [0.25, 0.3) is 10.0 Å². The van der Waals surface area contributed by atoms with E-state index < -0.39 is 16.1 Å². The van der Waals surface area contributed by atoms with E-state index in [0.717, 1.165) is 6.42 Å². The number of hydrogen-bond acceptors (Lipinski definition) is 5. The second-order valence-corrected chi connectivity index (χ2v) is 7.51. The minimum absolute atomic E-state index is 0. The van der Waals surface area contributed by atoms with Crippen LogP contribution in [0.4, 0.5) is 5.69 Å². The molecule has 1 atom stereocenters. The number of nitrogens with two attached hydrogens (primary N) is 1. The zero-order valence-electron chi connectivity index (χ0n) is 13.7. The van der Waals surface area contributed by atoms with Crippen molar-refractivity contribution < 1.29 is 13.2 Å². The van der Waals surface area contributed by atoms with E-state index in [1.807, 2.05) is 13.8 Å². The maximum Gasteiger partial charge on any atom is 0.262 e. The van der Waals surface area contributed by atoms with Crippen LogP contribution in [0.25, 0.3) is 0 Å². The summed E-state index contributed by atoms with van der Waals surface area (Å²) in [4.78, 5) is 16.1. The lowest BCUT2D eigenvalue weighted by Gasteiger charge is -2.16. The van der Waals surface area contributed by atoms with E-state index in [0.29, 0.717) is 24.5 Å². The number of amides is 1. The third kappa shape index (κ3) is 5.19. The Labute approximate surface area is 148 Å². The molecule has 1 heterocycles. The number of benzene rings is 1. The third-order valence-electron chi connectivity index (χ3n) is 3.56. The number of rotatable bonds is 5. The van der Waals surface area contributed by atoms with E-state index in [9.17, 15) is 13.2 Å². The molecule has 134 valence electrons. The van der Waals surface area contributed by atoms with Gasteiger partial charge < -0.3 is 11.1 Å². The topological polar surface area (TPSA) is 114 Å². The maximum absolute atomic E-state index is 12.3. The summed E-state index contributed by atoms with van der Waals surface area (Å²) in [5, 5.41) is 2.64. The zero-order valence-corrected chi connectivity index (χ0v) is 15.3. The van der Waals surface area contributed by atoms with E-state index in [1.54, 1.807) is 12.1 Å². The Kier molecular flexibility index (Phi) is 7.19. The summed E-state index contributed by atoms with van der Waals surface area (Å²) < 4.78 is 27.2. The van der Waals surface area contributed by atoms with Gasteiger partial charge in [0.1, 0.15) is 5.84 Å². The van der Waals surface area contributed by atoms with Gasteiger partial charge in [-0.3, -0.25) is 14.5 Å². The molecule has 0 saturated carbocycles. The monoisotopic (exact) mass is 374 g/mol. The fourth-order valence-corrected chi connectivity index (χ4v) is 3.24. The summed E-state index contributed by atoms with van der Waals surface area (Å²) in [5.41, 5.74) is 6.17. The summed E-state index contributed by atoms with van der Waals surface area (Å²) in [6.07, 6.45) is 1.47. The van der Waals surface area contributed by atoms with Crippen LogP contribution in [-0.4, -0.2) is 32.7 Å². The summed E-state index contributed by atoms with van der Waals surface area (Å²) in [7, 11) is -3.70. The van der Waals surface area contributed by atoms with Crippen LogP contribution in [-0.2, 0) is 14.8 Å². The van der Waals surface area contributed by atoms with Gasteiger partial charge >= 0.3 is 0 Å². The number of sulfonamides is 1. The molecule has 0 spiro atoms. The van der Waals surface area contributed by atoms with Gasteiger partial charge in [0.2, 0.25) is 5.91 Å². The van der Waals surface area contributed by atoms with Crippen molar-refractivity contribution in [3.8, 4) is 0 Å². The number of nitrogens with one attached hydrogen (secondary N) is 2. The summed E-state index contributed by atoms with van der Waals surface area (Å²) >= 11 is 0. The van der Waals surface area contributed by atoms with E-state index in [1.165, 1.54) is 12.1 Å². The van der Waals surface area contributed by atoms with Crippen LogP contribution in [0.3, 0.4) is 0 Å². The third-order valence-corrected chi connectivity index (χ3v) is 4.94. The van der Waals surface area contributed by atoms with Gasteiger partial charge in [-0.2, -0.15) is 0 Å². The molecule has 0 bridgehead atoms. The smallest absolute Gasteiger partial charge is 0.262 e. The number of hydrogen-bond donors (Lipinski definition) is 3. The number of nitrogens with zero attached hydrogens (tertiary/aromatic N) is 1. The van der Waals surface area contributed by atoms with Crippen LogP contribution < -0.4 is 15.8 Å². The summed E-state index contributed by atoms with van der Waals surface area (Å²) in [6, 6.07) is 5.42. The van der Waals surface area contributed by atoms with Crippen LogP contribution >= 0.6 is 12.4 Å². The van der Waals surface area contributed by atoms with Gasteiger partial charge in [0, 0.05) is 18.7 Å². The molecule has 1 aromatic rings. The largest absolute Gasteiger partial charge is 0.325 e. The first kappa shape index (κ1) is 20.4. The second-order valence-electron chi connectivity index (χ2n) is 5.82. The number of halogens is 1. The van der Waals surface area contributed by atoms with E-state index in [4.69, 9.17) is 5.73 Å². The van der Waals surface area contributed by atoms with E-state index in [-0.39, 0.29) is 29.1 Å².